The third-order valence-corrected chi connectivity index (χ3v) is 3.76. The average Bonchev–Trinajstić information content (AvgIpc) is 2.55. The van der Waals surface area contributed by atoms with E-state index in [0.717, 1.165) is 21.3 Å². The van der Waals surface area contributed by atoms with Crippen LogP contribution in [-0.2, 0) is 11.2 Å². The van der Waals surface area contributed by atoms with Crippen LogP contribution in [0.15, 0.2) is 58.1 Å². The van der Waals surface area contributed by atoms with E-state index in [1.165, 1.54) is 0 Å². The van der Waals surface area contributed by atoms with Gasteiger partial charge in [-0.05, 0) is 51.2 Å². The zero-order valence-corrected chi connectivity index (χ0v) is 15.4. The predicted molar refractivity (Wildman–Crippen MR) is 100 cm³/mol. The molecule has 0 atom stereocenters. The smallest absolute Gasteiger partial charge is 0.244 e. The maximum absolute atomic E-state index is 11.8. The van der Waals surface area contributed by atoms with E-state index in [0.29, 0.717) is 18.9 Å². The van der Waals surface area contributed by atoms with Gasteiger partial charge in [-0.15, -0.1) is 0 Å². The summed E-state index contributed by atoms with van der Waals surface area (Å²) in [5, 5.41) is 4.00. The summed E-state index contributed by atoms with van der Waals surface area (Å²) in [6.07, 6.45) is 1.92. The molecule has 0 aliphatic carbocycles. The van der Waals surface area contributed by atoms with Gasteiger partial charge in [0.15, 0.2) is 0 Å². The molecule has 0 saturated heterocycles. The molecule has 2 rings (SSSR count). The molecule has 0 bridgehead atoms. The number of carbonyl (C=O) groups is 1. The van der Waals surface area contributed by atoms with Crippen molar-refractivity contribution in [1.29, 1.82) is 0 Å². The lowest BCUT2D eigenvalue weighted by atomic mass is 10.1. The number of hydrazone groups is 1. The Hall–Kier alpha value is -2.14. The highest BCUT2D eigenvalue weighted by atomic mass is 79.9. The van der Waals surface area contributed by atoms with Gasteiger partial charge in [-0.1, -0.05) is 44.2 Å². The van der Waals surface area contributed by atoms with E-state index >= 15 is 0 Å². The molecule has 1 amide bonds. The molecule has 0 fully saturated rings. The fourth-order valence-electron chi connectivity index (χ4n) is 1.97. The normalized spacial score (nSPS) is 11.0. The number of hydrogen-bond donors (Lipinski definition) is 1. The maximum atomic E-state index is 11.8. The third kappa shape index (κ3) is 6.16. The van der Waals surface area contributed by atoms with Crippen LogP contribution in [0.5, 0.6) is 5.75 Å². The number of ether oxygens (including phenoxy) is 1. The molecule has 2 aromatic rings. The molecule has 0 unspecified atom stereocenters. The number of nitrogens with one attached hydrogen (secondary N) is 1. The van der Waals surface area contributed by atoms with Gasteiger partial charge in [-0.2, -0.15) is 5.10 Å². The van der Waals surface area contributed by atoms with E-state index in [1.54, 1.807) is 6.21 Å². The molecule has 0 radical (unpaired) electrons. The molecule has 0 saturated carbocycles. The van der Waals surface area contributed by atoms with Gasteiger partial charge in [0, 0.05) is 0 Å². The van der Waals surface area contributed by atoms with E-state index in [9.17, 15) is 4.79 Å². The highest BCUT2D eigenvalue weighted by Crippen LogP contribution is 2.25. The summed E-state index contributed by atoms with van der Waals surface area (Å²) >= 11 is 3.49. The predicted octanol–water partition coefficient (Wildman–Crippen LogP) is 4.18. The van der Waals surface area contributed by atoms with Crippen molar-refractivity contribution >= 4 is 28.1 Å². The Kier molecular flexibility index (Phi) is 7.00. The van der Waals surface area contributed by atoms with Crippen molar-refractivity contribution in [2.75, 3.05) is 6.61 Å². The van der Waals surface area contributed by atoms with Crippen LogP contribution in [0.1, 0.15) is 25.0 Å². The van der Waals surface area contributed by atoms with Crippen molar-refractivity contribution in [3.05, 3.63) is 64.1 Å². The maximum Gasteiger partial charge on any atom is 0.244 e. The first-order valence-corrected chi connectivity index (χ1v) is 8.62. The number of halogens is 1. The zero-order valence-electron chi connectivity index (χ0n) is 13.8. The van der Waals surface area contributed by atoms with Crippen molar-refractivity contribution in [2.24, 2.45) is 11.0 Å². The standard InChI is InChI=1S/C19H21BrN2O2/c1-14(2)13-24-18-9-8-16(10-17(18)20)12-21-22-19(23)11-15-6-4-3-5-7-15/h3-10,12,14H,11,13H2,1-2H3,(H,22,23)/b21-12-. The fraction of sp³-hybridized carbons (Fsp3) is 0.263. The van der Waals surface area contributed by atoms with Gasteiger partial charge in [-0.3, -0.25) is 4.79 Å². The Bertz CT molecular complexity index is 700. The Labute approximate surface area is 151 Å². The van der Waals surface area contributed by atoms with Crippen LogP contribution < -0.4 is 10.2 Å². The molecule has 0 aliphatic rings. The van der Waals surface area contributed by atoms with Crippen molar-refractivity contribution in [2.45, 2.75) is 20.3 Å². The second kappa shape index (κ2) is 9.23. The lowest BCUT2D eigenvalue weighted by Crippen LogP contribution is -2.19. The topological polar surface area (TPSA) is 50.7 Å². The summed E-state index contributed by atoms with van der Waals surface area (Å²) in [5.74, 6) is 1.13. The first-order valence-electron chi connectivity index (χ1n) is 7.83. The third-order valence-electron chi connectivity index (χ3n) is 3.14. The first kappa shape index (κ1) is 18.2. The Morgan fingerprint density at radius 2 is 2.00 bits per heavy atom. The van der Waals surface area contributed by atoms with Gasteiger partial charge in [0.1, 0.15) is 5.75 Å². The highest BCUT2D eigenvalue weighted by Gasteiger charge is 2.04. The summed E-state index contributed by atoms with van der Waals surface area (Å²) in [5.41, 5.74) is 4.37. The molecule has 1 N–H and O–H groups in total. The number of amides is 1. The van der Waals surface area contributed by atoms with Gasteiger partial charge in [-0.25, -0.2) is 5.43 Å². The molecule has 0 aliphatic heterocycles. The van der Waals surface area contributed by atoms with Crippen LogP contribution in [0, 0.1) is 5.92 Å². The molecule has 0 aromatic heterocycles. The highest BCUT2D eigenvalue weighted by molar-refractivity contribution is 9.10. The summed E-state index contributed by atoms with van der Waals surface area (Å²) in [6.45, 7) is 4.88. The van der Waals surface area contributed by atoms with Crippen LogP contribution in [0.2, 0.25) is 0 Å². The molecular formula is C19H21BrN2O2. The van der Waals surface area contributed by atoms with E-state index in [1.807, 2.05) is 48.5 Å². The monoisotopic (exact) mass is 388 g/mol. The van der Waals surface area contributed by atoms with Gasteiger partial charge in [0.25, 0.3) is 0 Å². The van der Waals surface area contributed by atoms with Gasteiger partial charge in [0.2, 0.25) is 5.91 Å². The van der Waals surface area contributed by atoms with Crippen LogP contribution >= 0.6 is 15.9 Å². The second-order valence-corrected chi connectivity index (χ2v) is 6.70. The van der Waals surface area contributed by atoms with Crippen LogP contribution in [0.3, 0.4) is 0 Å². The Morgan fingerprint density at radius 3 is 2.67 bits per heavy atom. The minimum absolute atomic E-state index is 0.145. The zero-order chi connectivity index (χ0) is 17.4. The van der Waals surface area contributed by atoms with E-state index < -0.39 is 0 Å². The van der Waals surface area contributed by atoms with E-state index in [2.05, 4.69) is 40.3 Å². The molecule has 4 nitrogen and oxygen atoms in total. The minimum Gasteiger partial charge on any atom is -0.492 e. The average molecular weight is 389 g/mol. The van der Waals surface area contributed by atoms with Gasteiger partial charge >= 0.3 is 0 Å². The molecule has 24 heavy (non-hydrogen) atoms. The number of rotatable bonds is 7. The van der Waals surface area contributed by atoms with Crippen molar-refractivity contribution in [1.82, 2.24) is 5.43 Å². The van der Waals surface area contributed by atoms with Gasteiger partial charge in [0.05, 0.1) is 23.7 Å². The minimum atomic E-state index is -0.145. The lowest BCUT2D eigenvalue weighted by Gasteiger charge is -2.10. The molecule has 0 spiro atoms. The molecular weight excluding hydrogens is 368 g/mol. The molecule has 0 heterocycles. The van der Waals surface area contributed by atoms with Crippen LogP contribution in [0.4, 0.5) is 0 Å². The number of hydrogen-bond acceptors (Lipinski definition) is 3. The first-order chi connectivity index (χ1) is 11.5. The quantitative estimate of drug-likeness (QED) is 0.571. The van der Waals surface area contributed by atoms with Crippen LogP contribution in [0.25, 0.3) is 0 Å². The van der Waals surface area contributed by atoms with Crippen LogP contribution in [-0.4, -0.2) is 18.7 Å². The Morgan fingerprint density at radius 1 is 1.25 bits per heavy atom. The molecule has 126 valence electrons. The number of carbonyl (C=O) groups excluding carboxylic acids is 1. The van der Waals surface area contributed by atoms with Crippen molar-refractivity contribution in [3.8, 4) is 5.75 Å². The lowest BCUT2D eigenvalue weighted by molar-refractivity contribution is -0.120. The Balaban J connectivity index is 1.87. The SMILES string of the molecule is CC(C)COc1ccc(/C=N\NC(=O)Cc2ccccc2)cc1Br. The van der Waals surface area contributed by atoms with Crippen molar-refractivity contribution < 1.29 is 9.53 Å². The summed E-state index contributed by atoms with van der Waals surface area (Å²) < 4.78 is 6.56. The van der Waals surface area contributed by atoms with Gasteiger partial charge < -0.3 is 4.74 Å². The van der Waals surface area contributed by atoms with Crippen molar-refractivity contribution in [3.63, 3.8) is 0 Å². The summed E-state index contributed by atoms with van der Waals surface area (Å²) in [7, 11) is 0. The molecule has 2 aromatic carbocycles. The van der Waals surface area contributed by atoms with E-state index in [-0.39, 0.29) is 5.91 Å². The number of nitrogens with zero attached hydrogens (tertiary/aromatic N) is 1. The largest absolute Gasteiger partial charge is 0.492 e. The summed E-state index contributed by atoms with van der Waals surface area (Å²) in [6, 6.07) is 15.3. The number of benzene rings is 2. The molecule has 5 heteroatoms. The second-order valence-electron chi connectivity index (χ2n) is 5.85. The summed E-state index contributed by atoms with van der Waals surface area (Å²) in [4.78, 5) is 11.8. The fourth-order valence-corrected chi connectivity index (χ4v) is 2.48. The van der Waals surface area contributed by atoms with E-state index in [4.69, 9.17) is 4.74 Å².